The molecule has 1 aliphatic rings. The molecule has 4 rings (SSSR count). The highest BCUT2D eigenvalue weighted by Crippen LogP contribution is 2.14. The number of hydrogen-bond donors (Lipinski definition) is 2. The molecule has 1 saturated heterocycles. The maximum atomic E-state index is 12.3. The monoisotopic (exact) mass is 418 g/mol. The Kier molecular flexibility index (Phi) is 7.10. The van der Waals surface area contributed by atoms with Crippen molar-refractivity contribution in [1.82, 2.24) is 20.2 Å². The number of nitrogens with one attached hydrogen (secondary N) is 2. The van der Waals surface area contributed by atoms with Crippen LogP contribution in [0, 0.1) is 0 Å². The molecule has 2 aromatic carbocycles. The highest BCUT2D eigenvalue weighted by Gasteiger charge is 2.10. The van der Waals surface area contributed by atoms with E-state index in [-0.39, 0.29) is 17.9 Å². The molecule has 31 heavy (non-hydrogen) atoms. The number of rotatable bonds is 7. The Morgan fingerprint density at radius 1 is 0.968 bits per heavy atom. The van der Waals surface area contributed by atoms with E-state index in [4.69, 9.17) is 0 Å². The lowest BCUT2D eigenvalue weighted by Crippen LogP contribution is -2.24. The zero-order valence-electron chi connectivity index (χ0n) is 17.9. The van der Waals surface area contributed by atoms with Gasteiger partial charge in [0.2, 0.25) is 5.91 Å². The van der Waals surface area contributed by atoms with Gasteiger partial charge >= 0.3 is 0 Å². The number of para-hydroxylation sites is 1. The third-order valence-corrected chi connectivity index (χ3v) is 5.87. The van der Waals surface area contributed by atoms with Gasteiger partial charge in [-0.05, 0) is 49.2 Å². The SMILES string of the molecule is O=C(CCc1nc2ccccc2c(=O)[nH]1)NCc1ccc(CN2CCCCCC2)cc1. The van der Waals surface area contributed by atoms with Crippen LogP contribution in [0.15, 0.2) is 53.3 Å². The molecule has 2 N–H and O–H groups in total. The first kappa shape index (κ1) is 21.2. The summed E-state index contributed by atoms with van der Waals surface area (Å²) in [4.78, 5) is 34.1. The zero-order chi connectivity index (χ0) is 21.5. The van der Waals surface area contributed by atoms with Gasteiger partial charge in [0.05, 0.1) is 10.9 Å². The Labute approximate surface area is 182 Å². The molecule has 0 radical (unpaired) electrons. The molecule has 6 nitrogen and oxygen atoms in total. The summed E-state index contributed by atoms with van der Waals surface area (Å²) in [5.41, 5.74) is 2.90. The minimum Gasteiger partial charge on any atom is -0.352 e. The van der Waals surface area contributed by atoms with E-state index in [2.05, 4.69) is 44.5 Å². The fourth-order valence-electron chi connectivity index (χ4n) is 4.09. The summed E-state index contributed by atoms with van der Waals surface area (Å²) in [6, 6.07) is 15.7. The maximum absolute atomic E-state index is 12.3. The summed E-state index contributed by atoms with van der Waals surface area (Å²) in [6.07, 6.45) is 5.98. The number of likely N-dealkylation sites (tertiary alicyclic amines) is 1. The van der Waals surface area contributed by atoms with Gasteiger partial charge in [-0.2, -0.15) is 0 Å². The Morgan fingerprint density at radius 2 is 1.68 bits per heavy atom. The highest BCUT2D eigenvalue weighted by molar-refractivity contribution is 5.78. The summed E-state index contributed by atoms with van der Waals surface area (Å²) in [7, 11) is 0. The first-order valence-corrected chi connectivity index (χ1v) is 11.2. The lowest BCUT2D eigenvalue weighted by Gasteiger charge is -2.19. The summed E-state index contributed by atoms with van der Waals surface area (Å²) >= 11 is 0. The molecule has 162 valence electrons. The van der Waals surface area contributed by atoms with E-state index in [9.17, 15) is 9.59 Å². The summed E-state index contributed by atoms with van der Waals surface area (Å²) < 4.78 is 0. The molecule has 3 aromatic rings. The molecule has 0 bridgehead atoms. The van der Waals surface area contributed by atoms with Crippen molar-refractivity contribution >= 4 is 16.8 Å². The van der Waals surface area contributed by atoms with Crippen LogP contribution in [0.3, 0.4) is 0 Å². The molecule has 0 saturated carbocycles. The highest BCUT2D eigenvalue weighted by atomic mass is 16.1. The van der Waals surface area contributed by atoms with Crippen molar-refractivity contribution in [2.45, 2.75) is 51.6 Å². The molecule has 0 atom stereocenters. The Hall–Kier alpha value is -2.99. The lowest BCUT2D eigenvalue weighted by atomic mass is 10.1. The van der Waals surface area contributed by atoms with E-state index in [0.29, 0.717) is 29.7 Å². The number of aromatic nitrogens is 2. The number of H-pyrrole nitrogens is 1. The second-order valence-corrected chi connectivity index (χ2v) is 8.31. The largest absolute Gasteiger partial charge is 0.352 e. The molecule has 1 aromatic heterocycles. The molecule has 0 unspecified atom stereocenters. The Bertz CT molecular complexity index is 1070. The molecule has 0 spiro atoms. The topological polar surface area (TPSA) is 78.1 Å². The van der Waals surface area contributed by atoms with Crippen LogP contribution in [0.4, 0.5) is 0 Å². The first-order chi connectivity index (χ1) is 15.2. The van der Waals surface area contributed by atoms with E-state index >= 15 is 0 Å². The Morgan fingerprint density at radius 3 is 2.45 bits per heavy atom. The van der Waals surface area contributed by atoms with Gasteiger partial charge in [-0.3, -0.25) is 14.5 Å². The van der Waals surface area contributed by atoms with Crippen molar-refractivity contribution in [3.05, 3.63) is 75.8 Å². The third kappa shape index (κ3) is 6.01. The predicted octanol–water partition coefficient (Wildman–Crippen LogP) is 3.55. The van der Waals surface area contributed by atoms with Crippen LogP contribution >= 0.6 is 0 Å². The van der Waals surface area contributed by atoms with Crippen LogP contribution in [-0.4, -0.2) is 33.9 Å². The van der Waals surface area contributed by atoms with Gasteiger partial charge in [-0.25, -0.2) is 4.98 Å². The van der Waals surface area contributed by atoms with Crippen LogP contribution < -0.4 is 10.9 Å². The summed E-state index contributed by atoms with van der Waals surface area (Å²) in [5.74, 6) is 0.487. The van der Waals surface area contributed by atoms with Crippen molar-refractivity contribution in [3.8, 4) is 0 Å². The molecule has 1 aliphatic heterocycles. The minimum atomic E-state index is -0.165. The lowest BCUT2D eigenvalue weighted by molar-refractivity contribution is -0.121. The number of nitrogens with zero attached hydrogens (tertiary/aromatic N) is 2. The van der Waals surface area contributed by atoms with Crippen LogP contribution in [0.2, 0.25) is 0 Å². The van der Waals surface area contributed by atoms with E-state index in [1.165, 1.54) is 44.3 Å². The molecular formula is C25H30N4O2. The van der Waals surface area contributed by atoms with Crippen molar-refractivity contribution < 1.29 is 4.79 Å². The number of aromatic amines is 1. The van der Waals surface area contributed by atoms with E-state index in [0.717, 1.165) is 12.1 Å². The van der Waals surface area contributed by atoms with E-state index < -0.39 is 0 Å². The molecule has 6 heteroatoms. The van der Waals surface area contributed by atoms with Gasteiger partial charge < -0.3 is 10.3 Å². The number of carbonyl (C=O) groups excluding carboxylic acids is 1. The zero-order valence-corrected chi connectivity index (χ0v) is 17.9. The second kappa shape index (κ2) is 10.4. The van der Waals surface area contributed by atoms with Crippen LogP contribution in [0.1, 0.15) is 49.1 Å². The van der Waals surface area contributed by atoms with Crippen LogP contribution in [0.25, 0.3) is 10.9 Å². The molecule has 1 fully saturated rings. The van der Waals surface area contributed by atoms with Crippen molar-refractivity contribution in [2.24, 2.45) is 0 Å². The summed E-state index contributed by atoms with van der Waals surface area (Å²) in [6.45, 7) is 3.89. The Balaban J connectivity index is 1.24. The van der Waals surface area contributed by atoms with Gasteiger partial charge in [0.15, 0.2) is 0 Å². The molecule has 2 heterocycles. The van der Waals surface area contributed by atoms with Crippen LogP contribution in [0.5, 0.6) is 0 Å². The van der Waals surface area contributed by atoms with Gasteiger partial charge in [0.1, 0.15) is 5.82 Å². The number of carbonyl (C=O) groups is 1. The second-order valence-electron chi connectivity index (χ2n) is 8.31. The number of aryl methyl sites for hydroxylation is 1. The fourth-order valence-corrected chi connectivity index (χ4v) is 4.09. The van der Waals surface area contributed by atoms with Crippen molar-refractivity contribution in [1.29, 1.82) is 0 Å². The first-order valence-electron chi connectivity index (χ1n) is 11.2. The molecule has 0 aliphatic carbocycles. The van der Waals surface area contributed by atoms with Gasteiger partial charge in [0, 0.05) is 25.9 Å². The van der Waals surface area contributed by atoms with Crippen LogP contribution in [-0.2, 0) is 24.3 Å². The average molecular weight is 419 g/mol. The van der Waals surface area contributed by atoms with Gasteiger partial charge in [-0.15, -0.1) is 0 Å². The van der Waals surface area contributed by atoms with E-state index in [1.807, 2.05) is 18.2 Å². The van der Waals surface area contributed by atoms with E-state index in [1.54, 1.807) is 6.07 Å². The molecular weight excluding hydrogens is 388 g/mol. The third-order valence-electron chi connectivity index (χ3n) is 5.87. The van der Waals surface area contributed by atoms with Crippen molar-refractivity contribution in [3.63, 3.8) is 0 Å². The normalized spacial score (nSPS) is 15.0. The minimum absolute atomic E-state index is 0.0514. The number of fused-ring (bicyclic) bond motifs is 1. The smallest absolute Gasteiger partial charge is 0.258 e. The maximum Gasteiger partial charge on any atom is 0.258 e. The average Bonchev–Trinajstić information content (AvgIpc) is 3.06. The fraction of sp³-hybridized carbons (Fsp3) is 0.400. The molecule has 1 amide bonds. The standard InChI is InChI=1S/C25H30N4O2/c30-24(14-13-23-27-22-8-4-3-7-21(22)25(31)28-23)26-17-19-9-11-20(12-10-19)18-29-15-5-1-2-6-16-29/h3-4,7-12H,1-2,5-6,13-18H2,(H,26,30)(H,27,28,31). The number of hydrogen-bond acceptors (Lipinski definition) is 4. The van der Waals surface area contributed by atoms with Gasteiger partial charge in [-0.1, -0.05) is 49.2 Å². The number of benzene rings is 2. The summed E-state index contributed by atoms with van der Waals surface area (Å²) in [5, 5.41) is 3.53. The number of amides is 1. The van der Waals surface area contributed by atoms with Crippen molar-refractivity contribution in [2.75, 3.05) is 13.1 Å². The van der Waals surface area contributed by atoms with Gasteiger partial charge in [0.25, 0.3) is 5.56 Å². The predicted molar refractivity (Wildman–Crippen MR) is 123 cm³/mol. The quantitative estimate of drug-likeness (QED) is 0.615.